The molecule has 1 aliphatic rings. The van der Waals surface area contributed by atoms with Gasteiger partial charge in [0.15, 0.2) is 0 Å². The minimum Gasteiger partial charge on any atom is -0.396 e. The topological polar surface area (TPSA) is 66.5 Å². The first-order chi connectivity index (χ1) is 4.72. The summed E-state index contributed by atoms with van der Waals surface area (Å²) in [6.07, 6.45) is 1.97. The first kappa shape index (κ1) is 7.98. The predicted molar refractivity (Wildman–Crippen MR) is 38.4 cm³/mol. The Morgan fingerprint density at radius 1 is 1.30 bits per heavy atom. The van der Waals surface area contributed by atoms with Gasteiger partial charge in [-0.3, -0.25) is 0 Å². The van der Waals surface area contributed by atoms with Crippen molar-refractivity contribution in [1.29, 1.82) is 0 Å². The second-order valence-corrected chi connectivity index (χ2v) is 3.17. The van der Waals surface area contributed by atoms with Crippen LogP contribution in [0.5, 0.6) is 0 Å². The predicted octanol–water partition coefficient (Wildman–Crippen LogP) is -0.533. The molecule has 0 amide bonds. The molecule has 0 radical (unpaired) electrons. The zero-order chi connectivity index (χ0) is 7.56. The standard InChI is InChI=1S/C7H15NO2/c8-6-1-5(4-9)2-7(10)3-6/h5-7,9-10H,1-4,8H2/t5-,6-,7-/m0/s1. The van der Waals surface area contributed by atoms with Gasteiger partial charge in [-0.05, 0) is 25.2 Å². The second-order valence-electron chi connectivity index (χ2n) is 3.17. The zero-order valence-corrected chi connectivity index (χ0v) is 6.03. The summed E-state index contributed by atoms with van der Waals surface area (Å²) in [6.45, 7) is 0.157. The van der Waals surface area contributed by atoms with E-state index in [0.717, 1.165) is 6.42 Å². The molecule has 10 heavy (non-hydrogen) atoms. The minimum absolute atomic E-state index is 0.0842. The van der Waals surface area contributed by atoms with Gasteiger partial charge in [0, 0.05) is 12.6 Å². The van der Waals surface area contributed by atoms with E-state index >= 15 is 0 Å². The maximum atomic E-state index is 9.19. The lowest BCUT2D eigenvalue weighted by molar-refractivity contribution is 0.0663. The molecule has 0 aliphatic heterocycles. The first-order valence-electron chi connectivity index (χ1n) is 3.77. The minimum atomic E-state index is -0.291. The van der Waals surface area contributed by atoms with Crippen LogP contribution in [-0.2, 0) is 0 Å². The summed E-state index contributed by atoms with van der Waals surface area (Å²) < 4.78 is 0. The number of hydrogen-bond donors (Lipinski definition) is 3. The van der Waals surface area contributed by atoms with E-state index in [0.29, 0.717) is 12.8 Å². The van der Waals surface area contributed by atoms with Crippen molar-refractivity contribution in [1.82, 2.24) is 0 Å². The lowest BCUT2D eigenvalue weighted by Gasteiger charge is -2.28. The molecule has 0 bridgehead atoms. The van der Waals surface area contributed by atoms with Crippen molar-refractivity contribution in [2.45, 2.75) is 31.4 Å². The van der Waals surface area contributed by atoms with Gasteiger partial charge in [-0.15, -0.1) is 0 Å². The van der Waals surface area contributed by atoms with Crippen LogP contribution in [-0.4, -0.2) is 29.0 Å². The van der Waals surface area contributed by atoms with Crippen LogP contribution in [0.25, 0.3) is 0 Å². The average Bonchev–Trinajstić information content (AvgIpc) is 1.85. The van der Waals surface area contributed by atoms with E-state index in [9.17, 15) is 5.11 Å². The van der Waals surface area contributed by atoms with E-state index in [-0.39, 0.29) is 24.7 Å². The van der Waals surface area contributed by atoms with Crippen LogP contribution in [0.3, 0.4) is 0 Å². The van der Waals surface area contributed by atoms with Gasteiger partial charge in [0.2, 0.25) is 0 Å². The van der Waals surface area contributed by atoms with Crippen LogP contribution in [0.2, 0.25) is 0 Å². The molecule has 1 aliphatic carbocycles. The molecule has 3 heteroatoms. The SMILES string of the molecule is N[C@@H]1C[C@@H](O)C[C@@H](CO)C1. The monoisotopic (exact) mass is 145 g/mol. The van der Waals surface area contributed by atoms with Crippen LogP contribution in [0, 0.1) is 5.92 Å². The molecule has 1 rings (SSSR count). The maximum Gasteiger partial charge on any atom is 0.0558 e. The Morgan fingerprint density at radius 2 is 2.00 bits per heavy atom. The molecular weight excluding hydrogens is 130 g/mol. The molecule has 0 unspecified atom stereocenters. The van der Waals surface area contributed by atoms with Gasteiger partial charge < -0.3 is 15.9 Å². The normalized spacial score (nSPS) is 41.7. The lowest BCUT2D eigenvalue weighted by atomic mass is 9.85. The van der Waals surface area contributed by atoms with E-state index in [1.807, 2.05) is 0 Å². The lowest BCUT2D eigenvalue weighted by Crippen LogP contribution is -2.36. The van der Waals surface area contributed by atoms with Gasteiger partial charge in [0.25, 0.3) is 0 Å². The molecule has 0 aromatic rings. The van der Waals surface area contributed by atoms with Gasteiger partial charge in [0.05, 0.1) is 6.10 Å². The Labute approximate surface area is 60.9 Å². The first-order valence-corrected chi connectivity index (χ1v) is 3.77. The highest BCUT2D eigenvalue weighted by atomic mass is 16.3. The van der Waals surface area contributed by atoms with Gasteiger partial charge in [-0.1, -0.05) is 0 Å². The van der Waals surface area contributed by atoms with Crippen molar-refractivity contribution in [3.63, 3.8) is 0 Å². The number of aliphatic hydroxyl groups is 2. The Morgan fingerprint density at radius 3 is 2.50 bits per heavy atom. The van der Waals surface area contributed by atoms with Crippen LogP contribution in [0.1, 0.15) is 19.3 Å². The highest BCUT2D eigenvalue weighted by molar-refractivity contribution is 4.79. The molecule has 4 N–H and O–H groups in total. The summed E-state index contributed by atoms with van der Waals surface area (Å²) in [5, 5.41) is 17.9. The summed E-state index contributed by atoms with van der Waals surface area (Å²) in [7, 11) is 0. The van der Waals surface area contributed by atoms with Crippen molar-refractivity contribution in [3.05, 3.63) is 0 Å². The van der Waals surface area contributed by atoms with E-state index in [1.54, 1.807) is 0 Å². The van der Waals surface area contributed by atoms with E-state index < -0.39 is 0 Å². The third-order valence-corrected chi connectivity index (χ3v) is 2.07. The van der Waals surface area contributed by atoms with E-state index in [2.05, 4.69) is 0 Å². The fourth-order valence-corrected chi connectivity index (χ4v) is 1.60. The number of rotatable bonds is 1. The quantitative estimate of drug-likeness (QED) is 0.464. The molecular formula is C7H15NO2. The molecule has 1 fully saturated rings. The van der Waals surface area contributed by atoms with Crippen molar-refractivity contribution in [2.75, 3.05) is 6.61 Å². The molecule has 3 nitrogen and oxygen atoms in total. The number of aliphatic hydroxyl groups excluding tert-OH is 2. The Hall–Kier alpha value is -0.120. The van der Waals surface area contributed by atoms with Crippen LogP contribution in [0.15, 0.2) is 0 Å². The van der Waals surface area contributed by atoms with Gasteiger partial charge in [-0.25, -0.2) is 0 Å². The zero-order valence-electron chi connectivity index (χ0n) is 6.03. The fraction of sp³-hybridized carbons (Fsp3) is 1.00. The van der Waals surface area contributed by atoms with Crippen LogP contribution >= 0.6 is 0 Å². The Bertz CT molecular complexity index is 97.8. The molecule has 0 aromatic carbocycles. The highest BCUT2D eigenvalue weighted by Gasteiger charge is 2.24. The third kappa shape index (κ3) is 1.94. The van der Waals surface area contributed by atoms with Crippen molar-refractivity contribution < 1.29 is 10.2 Å². The van der Waals surface area contributed by atoms with E-state index in [4.69, 9.17) is 10.8 Å². The van der Waals surface area contributed by atoms with Gasteiger partial charge >= 0.3 is 0 Å². The summed E-state index contributed by atoms with van der Waals surface area (Å²) >= 11 is 0. The molecule has 60 valence electrons. The summed E-state index contributed by atoms with van der Waals surface area (Å²) in [5.41, 5.74) is 5.62. The van der Waals surface area contributed by atoms with Crippen molar-refractivity contribution >= 4 is 0 Å². The average molecular weight is 145 g/mol. The second kappa shape index (κ2) is 3.32. The summed E-state index contributed by atoms with van der Waals surface area (Å²) in [5.74, 6) is 0.221. The molecule has 1 saturated carbocycles. The smallest absolute Gasteiger partial charge is 0.0558 e. The summed E-state index contributed by atoms with van der Waals surface area (Å²) in [6, 6.07) is 0.0842. The highest BCUT2D eigenvalue weighted by Crippen LogP contribution is 2.22. The maximum absolute atomic E-state index is 9.19. The van der Waals surface area contributed by atoms with Crippen molar-refractivity contribution in [2.24, 2.45) is 11.7 Å². The summed E-state index contributed by atoms with van der Waals surface area (Å²) in [4.78, 5) is 0. The molecule has 0 saturated heterocycles. The molecule has 3 atom stereocenters. The fourth-order valence-electron chi connectivity index (χ4n) is 1.60. The Kier molecular flexibility index (Phi) is 2.65. The molecule has 0 aromatic heterocycles. The molecule has 0 heterocycles. The number of nitrogens with two attached hydrogens (primary N) is 1. The van der Waals surface area contributed by atoms with Crippen molar-refractivity contribution in [3.8, 4) is 0 Å². The van der Waals surface area contributed by atoms with Crippen LogP contribution < -0.4 is 5.73 Å². The van der Waals surface area contributed by atoms with Gasteiger partial charge in [-0.2, -0.15) is 0 Å². The van der Waals surface area contributed by atoms with Crippen LogP contribution in [0.4, 0.5) is 0 Å². The third-order valence-electron chi connectivity index (χ3n) is 2.07. The molecule has 0 spiro atoms. The van der Waals surface area contributed by atoms with Gasteiger partial charge in [0.1, 0.15) is 0 Å². The Balaban J connectivity index is 2.35. The number of hydrogen-bond acceptors (Lipinski definition) is 3. The van der Waals surface area contributed by atoms with E-state index in [1.165, 1.54) is 0 Å². The largest absolute Gasteiger partial charge is 0.396 e.